The first-order valence-corrected chi connectivity index (χ1v) is 10.8. The lowest BCUT2D eigenvalue weighted by molar-refractivity contribution is -0.0448. The zero-order valence-corrected chi connectivity index (χ0v) is 19.3. The molecule has 1 aliphatic rings. The molecule has 1 N–H and O–H groups in total. The number of alkyl halides is 2. The normalized spacial score (nSPS) is 17.1. The van der Waals surface area contributed by atoms with Gasteiger partial charge in [0.05, 0.1) is 35.7 Å². The van der Waals surface area contributed by atoms with Crippen molar-refractivity contribution >= 4 is 0 Å². The molecule has 1 aliphatic carbocycles. The molecule has 0 aliphatic heterocycles. The van der Waals surface area contributed by atoms with E-state index in [0.29, 0.717) is 29.8 Å². The van der Waals surface area contributed by atoms with Crippen LogP contribution in [0.25, 0.3) is 22.8 Å². The fraction of sp³-hybridized carbons (Fsp3) is 0.591. The van der Waals surface area contributed by atoms with E-state index >= 15 is 0 Å². The molecule has 1 fully saturated rings. The van der Waals surface area contributed by atoms with Crippen LogP contribution in [-0.4, -0.2) is 40.9 Å². The quantitative estimate of drug-likeness (QED) is 0.655. The summed E-state index contributed by atoms with van der Waals surface area (Å²) in [6.07, 6.45) is 0.368. The van der Waals surface area contributed by atoms with Gasteiger partial charge in [0.15, 0.2) is 5.43 Å². The average molecular weight is 446 g/mol. The molecule has 0 amide bonds. The molecule has 32 heavy (non-hydrogen) atoms. The Labute approximate surface area is 185 Å². The first-order chi connectivity index (χ1) is 14.9. The fourth-order valence-corrected chi connectivity index (χ4v) is 4.57. The third-order valence-corrected chi connectivity index (χ3v) is 6.10. The SMILES string of the molecule is Cc1[nH]c(-c2c(C)c(C(C)(C)C)nn2C2CCC(F)(F)CC2)cc(=O)c1-c1nnn(C)n1. The van der Waals surface area contributed by atoms with E-state index in [1.807, 2.05) is 11.6 Å². The van der Waals surface area contributed by atoms with E-state index in [2.05, 4.69) is 41.2 Å². The number of aromatic nitrogens is 7. The van der Waals surface area contributed by atoms with Gasteiger partial charge in [-0.15, -0.1) is 10.2 Å². The highest BCUT2D eigenvalue weighted by molar-refractivity contribution is 5.66. The number of nitrogens with one attached hydrogen (secondary N) is 1. The van der Waals surface area contributed by atoms with Crippen LogP contribution in [0.4, 0.5) is 8.78 Å². The first-order valence-electron chi connectivity index (χ1n) is 10.8. The molecule has 3 aromatic heterocycles. The minimum Gasteiger partial charge on any atom is -0.357 e. The van der Waals surface area contributed by atoms with Gasteiger partial charge >= 0.3 is 0 Å². The Morgan fingerprint density at radius 1 is 1.16 bits per heavy atom. The third-order valence-electron chi connectivity index (χ3n) is 6.10. The molecular weight excluding hydrogens is 416 g/mol. The van der Waals surface area contributed by atoms with Gasteiger partial charge in [-0.05, 0) is 31.9 Å². The van der Waals surface area contributed by atoms with Crippen molar-refractivity contribution in [3.05, 3.63) is 33.2 Å². The highest BCUT2D eigenvalue weighted by Crippen LogP contribution is 2.42. The van der Waals surface area contributed by atoms with Gasteiger partial charge in [-0.25, -0.2) is 8.78 Å². The van der Waals surface area contributed by atoms with E-state index in [1.165, 1.54) is 10.9 Å². The number of rotatable bonds is 3. The summed E-state index contributed by atoms with van der Waals surface area (Å²) in [6, 6.07) is 1.37. The number of tetrazole rings is 1. The zero-order chi connectivity index (χ0) is 23.4. The van der Waals surface area contributed by atoms with Gasteiger partial charge in [0, 0.05) is 35.6 Å². The largest absolute Gasteiger partial charge is 0.357 e. The second kappa shape index (κ2) is 7.60. The monoisotopic (exact) mass is 445 g/mol. The number of nitrogens with zero attached hydrogens (tertiary/aromatic N) is 6. The molecule has 0 unspecified atom stereocenters. The molecule has 0 atom stereocenters. The van der Waals surface area contributed by atoms with Crippen LogP contribution in [0.3, 0.4) is 0 Å². The van der Waals surface area contributed by atoms with Crippen molar-refractivity contribution in [2.75, 3.05) is 0 Å². The Morgan fingerprint density at radius 2 is 1.81 bits per heavy atom. The third kappa shape index (κ3) is 3.98. The van der Waals surface area contributed by atoms with Crippen LogP contribution in [0.15, 0.2) is 10.9 Å². The number of hydrogen-bond donors (Lipinski definition) is 1. The van der Waals surface area contributed by atoms with E-state index in [-0.39, 0.29) is 35.6 Å². The number of aromatic amines is 1. The maximum atomic E-state index is 13.8. The molecule has 10 heteroatoms. The molecule has 172 valence electrons. The van der Waals surface area contributed by atoms with E-state index in [1.54, 1.807) is 14.0 Å². The van der Waals surface area contributed by atoms with Gasteiger partial charge in [-0.2, -0.15) is 9.90 Å². The molecule has 0 bridgehead atoms. The minimum atomic E-state index is -2.62. The molecule has 3 heterocycles. The lowest BCUT2D eigenvalue weighted by Crippen LogP contribution is -2.27. The highest BCUT2D eigenvalue weighted by Gasteiger charge is 2.38. The Bertz CT molecular complexity index is 1210. The Balaban J connectivity index is 1.86. The number of hydrogen-bond acceptors (Lipinski definition) is 5. The van der Waals surface area contributed by atoms with Gasteiger partial charge in [0.1, 0.15) is 0 Å². The Morgan fingerprint density at radius 3 is 2.34 bits per heavy atom. The number of aryl methyl sites for hydroxylation is 2. The molecule has 0 radical (unpaired) electrons. The number of H-pyrrole nitrogens is 1. The van der Waals surface area contributed by atoms with Crippen LogP contribution >= 0.6 is 0 Å². The lowest BCUT2D eigenvalue weighted by Gasteiger charge is -2.29. The van der Waals surface area contributed by atoms with E-state index in [4.69, 9.17) is 5.10 Å². The Hall–Kier alpha value is -2.91. The summed E-state index contributed by atoms with van der Waals surface area (Å²) in [4.78, 5) is 17.7. The van der Waals surface area contributed by atoms with Crippen LogP contribution in [0.1, 0.15) is 69.4 Å². The molecule has 1 saturated carbocycles. The van der Waals surface area contributed by atoms with Crippen molar-refractivity contribution in [2.45, 2.75) is 77.7 Å². The van der Waals surface area contributed by atoms with Gasteiger partial charge in [-0.1, -0.05) is 20.8 Å². The molecule has 3 aromatic rings. The summed E-state index contributed by atoms with van der Waals surface area (Å²) >= 11 is 0. The summed E-state index contributed by atoms with van der Waals surface area (Å²) in [7, 11) is 1.64. The molecule has 0 saturated heterocycles. The lowest BCUT2D eigenvalue weighted by atomic mass is 9.88. The van der Waals surface area contributed by atoms with Gasteiger partial charge in [0.25, 0.3) is 0 Å². The molecule has 0 aromatic carbocycles. The van der Waals surface area contributed by atoms with Crippen molar-refractivity contribution in [3.8, 4) is 22.8 Å². The topological polar surface area (TPSA) is 94.3 Å². The van der Waals surface area contributed by atoms with Crippen molar-refractivity contribution in [1.29, 1.82) is 0 Å². The van der Waals surface area contributed by atoms with Crippen molar-refractivity contribution in [2.24, 2.45) is 7.05 Å². The van der Waals surface area contributed by atoms with Crippen molar-refractivity contribution in [3.63, 3.8) is 0 Å². The van der Waals surface area contributed by atoms with E-state index in [0.717, 1.165) is 17.0 Å². The van der Waals surface area contributed by atoms with Crippen LogP contribution in [-0.2, 0) is 12.5 Å². The van der Waals surface area contributed by atoms with Crippen LogP contribution in [0.5, 0.6) is 0 Å². The molecule has 8 nitrogen and oxygen atoms in total. The maximum Gasteiger partial charge on any atom is 0.248 e. The summed E-state index contributed by atoms with van der Waals surface area (Å²) in [5.41, 5.74) is 3.71. The maximum absolute atomic E-state index is 13.8. The van der Waals surface area contributed by atoms with Gasteiger partial charge in [-0.3, -0.25) is 9.48 Å². The molecular formula is C22H29F2N7O. The second-order valence-corrected chi connectivity index (χ2v) is 9.75. The van der Waals surface area contributed by atoms with Crippen LogP contribution in [0.2, 0.25) is 0 Å². The summed E-state index contributed by atoms with van der Waals surface area (Å²) in [5, 5.41) is 16.8. The van der Waals surface area contributed by atoms with Crippen LogP contribution in [0, 0.1) is 13.8 Å². The number of pyridine rings is 1. The first kappa shape index (κ1) is 22.3. The van der Waals surface area contributed by atoms with Gasteiger partial charge in [0.2, 0.25) is 11.7 Å². The van der Waals surface area contributed by atoms with Crippen molar-refractivity contribution < 1.29 is 8.78 Å². The standard InChI is InChI=1S/C22H29F2N7O/c1-12-18(15-11-16(32)17(13(2)25-15)20-26-29-30(6)28-20)31(27-19(12)21(3,4)5)14-7-9-22(23,24)10-8-14/h11,14H,7-10H2,1-6H3,(H,25,32). The Kier molecular flexibility index (Phi) is 5.29. The smallest absolute Gasteiger partial charge is 0.248 e. The molecule has 0 spiro atoms. The number of halogens is 2. The second-order valence-electron chi connectivity index (χ2n) is 9.75. The zero-order valence-electron chi connectivity index (χ0n) is 19.3. The summed E-state index contributed by atoms with van der Waals surface area (Å²) in [6.45, 7) is 9.98. The highest BCUT2D eigenvalue weighted by atomic mass is 19.3. The predicted octanol–water partition coefficient (Wildman–Crippen LogP) is 4.09. The minimum absolute atomic E-state index is 0.149. The summed E-state index contributed by atoms with van der Waals surface area (Å²) < 4.78 is 29.5. The molecule has 4 rings (SSSR count). The van der Waals surface area contributed by atoms with Gasteiger partial charge < -0.3 is 4.98 Å². The van der Waals surface area contributed by atoms with Crippen molar-refractivity contribution in [1.82, 2.24) is 35.0 Å². The average Bonchev–Trinajstić information content (AvgIpc) is 3.24. The van der Waals surface area contributed by atoms with E-state index in [9.17, 15) is 13.6 Å². The fourth-order valence-electron chi connectivity index (χ4n) is 4.57. The summed E-state index contributed by atoms with van der Waals surface area (Å²) in [5.74, 6) is -2.37. The van der Waals surface area contributed by atoms with E-state index < -0.39 is 5.92 Å². The predicted molar refractivity (Wildman–Crippen MR) is 117 cm³/mol. The van der Waals surface area contributed by atoms with Crippen LogP contribution < -0.4 is 5.43 Å².